The number of likely N-dealkylation sites (N-methyl/N-ethyl adjacent to an activating group) is 2. The van der Waals surface area contributed by atoms with Crippen LogP contribution in [-0.2, 0) is 6.54 Å². The van der Waals surface area contributed by atoms with E-state index in [0.29, 0.717) is 17.5 Å². The molecule has 0 heterocycles. The number of hydrogen-bond acceptors (Lipinski definition) is 3. The van der Waals surface area contributed by atoms with Gasteiger partial charge in [0.2, 0.25) is 0 Å². The van der Waals surface area contributed by atoms with E-state index >= 15 is 0 Å². The molecule has 2 unspecified atom stereocenters. The van der Waals surface area contributed by atoms with Gasteiger partial charge in [0.1, 0.15) is 5.75 Å². The van der Waals surface area contributed by atoms with Gasteiger partial charge < -0.3 is 10.1 Å². The lowest BCUT2D eigenvalue weighted by Gasteiger charge is -2.35. The molecule has 0 amide bonds. The molecular weight excluding hydrogens is 248 g/mol. The second kappa shape index (κ2) is 6.15. The van der Waals surface area contributed by atoms with Gasteiger partial charge in [0.15, 0.2) is 0 Å². The average Bonchev–Trinajstić information content (AvgIpc) is 2.74. The van der Waals surface area contributed by atoms with Crippen LogP contribution in [0.5, 0.6) is 5.75 Å². The summed E-state index contributed by atoms with van der Waals surface area (Å²) < 4.78 is 5.21. The van der Waals surface area contributed by atoms with Crippen molar-refractivity contribution in [2.45, 2.75) is 45.3 Å². The minimum Gasteiger partial charge on any atom is -0.497 e. The molecule has 1 aliphatic rings. The second-order valence-corrected chi connectivity index (χ2v) is 6.62. The van der Waals surface area contributed by atoms with Gasteiger partial charge in [0.05, 0.1) is 7.11 Å². The fourth-order valence-corrected chi connectivity index (χ4v) is 3.56. The highest BCUT2D eigenvalue weighted by molar-refractivity contribution is 5.27. The fourth-order valence-electron chi connectivity index (χ4n) is 3.56. The molecule has 0 saturated heterocycles. The molecule has 1 saturated carbocycles. The van der Waals surface area contributed by atoms with Crippen LogP contribution in [0.25, 0.3) is 0 Å². The Kier molecular flexibility index (Phi) is 4.71. The normalized spacial score (nSPS) is 25.1. The van der Waals surface area contributed by atoms with Crippen molar-refractivity contribution >= 4 is 0 Å². The number of hydrogen-bond donors (Lipinski definition) is 1. The standard InChI is InChI=1S/C17H28N2O/c1-17(2)11-10-15(16(17)18-3)19(4)12-13-6-8-14(20-5)9-7-13/h6-9,15-16,18H,10-12H2,1-5H3. The minimum atomic E-state index is 0.383. The zero-order chi connectivity index (χ0) is 14.8. The van der Waals surface area contributed by atoms with E-state index in [1.807, 2.05) is 12.1 Å². The number of nitrogens with zero attached hydrogens (tertiary/aromatic N) is 1. The van der Waals surface area contributed by atoms with Gasteiger partial charge in [-0.3, -0.25) is 4.90 Å². The molecule has 2 atom stereocenters. The molecule has 3 nitrogen and oxygen atoms in total. The van der Waals surface area contributed by atoms with Gasteiger partial charge in [0.25, 0.3) is 0 Å². The zero-order valence-corrected chi connectivity index (χ0v) is 13.4. The lowest BCUT2D eigenvalue weighted by molar-refractivity contribution is 0.171. The highest BCUT2D eigenvalue weighted by Gasteiger charge is 2.42. The Morgan fingerprint density at radius 3 is 2.50 bits per heavy atom. The summed E-state index contributed by atoms with van der Waals surface area (Å²) in [5.74, 6) is 0.923. The first kappa shape index (κ1) is 15.3. The molecule has 0 radical (unpaired) electrons. The van der Waals surface area contributed by atoms with Gasteiger partial charge in [-0.15, -0.1) is 0 Å². The summed E-state index contributed by atoms with van der Waals surface area (Å²) in [7, 11) is 6.03. The van der Waals surface area contributed by atoms with Crippen LogP contribution in [0, 0.1) is 5.41 Å². The van der Waals surface area contributed by atoms with Crippen molar-refractivity contribution < 1.29 is 4.74 Å². The van der Waals surface area contributed by atoms with Gasteiger partial charge in [-0.05, 0) is 50.0 Å². The molecule has 1 fully saturated rings. The van der Waals surface area contributed by atoms with E-state index in [1.54, 1.807) is 7.11 Å². The maximum atomic E-state index is 5.21. The Hall–Kier alpha value is -1.06. The van der Waals surface area contributed by atoms with Crippen LogP contribution >= 0.6 is 0 Å². The van der Waals surface area contributed by atoms with E-state index in [9.17, 15) is 0 Å². The first-order valence-electron chi connectivity index (χ1n) is 7.48. The third-order valence-corrected chi connectivity index (χ3v) is 4.78. The third-order valence-electron chi connectivity index (χ3n) is 4.78. The maximum absolute atomic E-state index is 5.21. The lowest BCUT2D eigenvalue weighted by atomic mass is 9.86. The first-order chi connectivity index (χ1) is 9.47. The highest BCUT2D eigenvalue weighted by Crippen LogP contribution is 2.39. The van der Waals surface area contributed by atoms with Crippen molar-refractivity contribution in [3.8, 4) is 5.75 Å². The first-order valence-corrected chi connectivity index (χ1v) is 7.48. The van der Waals surface area contributed by atoms with Crippen molar-refractivity contribution in [2.24, 2.45) is 5.41 Å². The van der Waals surface area contributed by atoms with Crippen LogP contribution in [0.2, 0.25) is 0 Å². The molecule has 1 aromatic carbocycles. The van der Waals surface area contributed by atoms with Crippen LogP contribution in [0.15, 0.2) is 24.3 Å². The summed E-state index contributed by atoms with van der Waals surface area (Å²) >= 11 is 0. The molecule has 0 bridgehead atoms. The number of methoxy groups -OCH3 is 1. The topological polar surface area (TPSA) is 24.5 Å². The predicted molar refractivity (Wildman–Crippen MR) is 84.1 cm³/mol. The molecule has 112 valence electrons. The van der Waals surface area contributed by atoms with Crippen LogP contribution in [0.1, 0.15) is 32.3 Å². The highest BCUT2D eigenvalue weighted by atomic mass is 16.5. The monoisotopic (exact) mass is 276 g/mol. The summed E-state index contributed by atoms with van der Waals surface area (Å²) in [6, 6.07) is 9.56. The molecule has 3 heteroatoms. The predicted octanol–water partition coefficient (Wildman–Crippen LogP) is 2.90. The van der Waals surface area contributed by atoms with E-state index in [1.165, 1.54) is 18.4 Å². The smallest absolute Gasteiger partial charge is 0.118 e. The van der Waals surface area contributed by atoms with E-state index in [2.05, 4.69) is 50.3 Å². The fraction of sp³-hybridized carbons (Fsp3) is 0.647. The Bertz CT molecular complexity index is 427. The van der Waals surface area contributed by atoms with Gasteiger partial charge in [-0.25, -0.2) is 0 Å². The number of ether oxygens (including phenoxy) is 1. The van der Waals surface area contributed by atoms with E-state index in [-0.39, 0.29) is 0 Å². The summed E-state index contributed by atoms with van der Waals surface area (Å²) in [5, 5.41) is 3.53. The Balaban J connectivity index is 2.02. The second-order valence-electron chi connectivity index (χ2n) is 6.62. The summed E-state index contributed by atoms with van der Waals surface area (Å²) in [4.78, 5) is 2.48. The molecule has 1 aliphatic carbocycles. The van der Waals surface area contributed by atoms with Crippen molar-refractivity contribution in [1.29, 1.82) is 0 Å². The maximum Gasteiger partial charge on any atom is 0.118 e. The molecule has 1 N–H and O–H groups in total. The van der Waals surface area contributed by atoms with Gasteiger partial charge >= 0.3 is 0 Å². The van der Waals surface area contributed by atoms with E-state index in [0.717, 1.165) is 12.3 Å². The summed E-state index contributed by atoms with van der Waals surface area (Å²) in [6.07, 6.45) is 2.56. The van der Waals surface area contributed by atoms with Gasteiger partial charge in [-0.1, -0.05) is 26.0 Å². The lowest BCUT2D eigenvalue weighted by Crippen LogP contribution is -2.49. The minimum absolute atomic E-state index is 0.383. The summed E-state index contributed by atoms with van der Waals surface area (Å²) in [6.45, 7) is 5.73. The van der Waals surface area contributed by atoms with Crippen molar-refractivity contribution in [3.05, 3.63) is 29.8 Å². The number of nitrogens with one attached hydrogen (secondary N) is 1. The van der Waals surface area contributed by atoms with Crippen molar-refractivity contribution in [1.82, 2.24) is 10.2 Å². The van der Waals surface area contributed by atoms with Gasteiger partial charge in [0, 0.05) is 18.6 Å². The van der Waals surface area contributed by atoms with Crippen molar-refractivity contribution in [3.63, 3.8) is 0 Å². The molecule has 0 spiro atoms. The van der Waals surface area contributed by atoms with Crippen LogP contribution in [0.3, 0.4) is 0 Å². The van der Waals surface area contributed by atoms with Crippen LogP contribution < -0.4 is 10.1 Å². The molecule has 0 aromatic heterocycles. The largest absolute Gasteiger partial charge is 0.497 e. The number of benzene rings is 1. The van der Waals surface area contributed by atoms with Crippen LogP contribution in [0.4, 0.5) is 0 Å². The van der Waals surface area contributed by atoms with E-state index in [4.69, 9.17) is 4.74 Å². The van der Waals surface area contributed by atoms with Gasteiger partial charge in [-0.2, -0.15) is 0 Å². The van der Waals surface area contributed by atoms with Crippen LogP contribution in [-0.4, -0.2) is 38.2 Å². The quantitative estimate of drug-likeness (QED) is 0.895. The number of rotatable bonds is 5. The van der Waals surface area contributed by atoms with Crippen molar-refractivity contribution in [2.75, 3.05) is 21.2 Å². The molecule has 20 heavy (non-hydrogen) atoms. The zero-order valence-electron chi connectivity index (χ0n) is 13.4. The van der Waals surface area contributed by atoms with E-state index < -0.39 is 0 Å². The Labute approximate surface area is 123 Å². The molecule has 1 aromatic rings. The molecule has 2 rings (SSSR count). The molecular formula is C17H28N2O. The summed E-state index contributed by atoms with van der Waals surface area (Å²) in [5.41, 5.74) is 1.72. The Morgan fingerprint density at radius 2 is 1.95 bits per heavy atom. The average molecular weight is 276 g/mol. The molecule has 0 aliphatic heterocycles. The third kappa shape index (κ3) is 3.15. The Morgan fingerprint density at radius 1 is 1.30 bits per heavy atom. The SMILES string of the molecule is CNC1C(N(C)Cc2ccc(OC)cc2)CCC1(C)C.